The van der Waals surface area contributed by atoms with Gasteiger partial charge in [0.05, 0.1) is 6.04 Å². The van der Waals surface area contributed by atoms with Gasteiger partial charge in [-0.05, 0) is 49.6 Å². The predicted molar refractivity (Wildman–Crippen MR) is 116 cm³/mol. The molecule has 4 atom stereocenters. The predicted octanol–water partition coefficient (Wildman–Crippen LogP) is 1.75. The topological polar surface area (TPSA) is 111 Å². The van der Waals surface area contributed by atoms with Gasteiger partial charge in [-0.15, -0.1) is 0 Å². The van der Waals surface area contributed by atoms with Crippen LogP contribution in [0, 0.1) is 17.2 Å². The quantitative estimate of drug-likeness (QED) is 0.437. The summed E-state index contributed by atoms with van der Waals surface area (Å²) in [5.41, 5.74) is 7.09. The highest BCUT2D eigenvalue weighted by Gasteiger charge is 2.40. The van der Waals surface area contributed by atoms with Gasteiger partial charge in [0.15, 0.2) is 0 Å². The van der Waals surface area contributed by atoms with E-state index in [9.17, 15) is 9.59 Å². The summed E-state index contributed by atoms with van der Waals surface area (Å²) in [4.78, 5) is 27.9. The summed E-state index contributed by atoms with van der Waals surface area (Å²) >= 11 is 0. The number of rotatable bonds is 5. The van der Waals surface area contributed by atoms with Crippen molar-refractivity contribution >= 4 is 17.6 Å². The molecule has 4 rings (SSSR count). The van der Waals surface area contributed by atoms with Gasteiger partial charge in [0.1, 0.15) is 11.9 Å². The first-order valence-electron chi connectivity index (χ1n) is 11.3. The van der Waals surface area contributed by atoms with E-state index in [-0.39, 0.29) is 29.7 Å². The van der Waals surface area contributed by atoms with Gasteiger partial charge in [-0.25, -0.2) is 0 Å². The lowest BCUT2D eigenvalue weighted by atomic mass is 9.73. The molecular formula is C23H33N5O2. The summed E-state index contributed by atoms with van der Waals surface area (Å²) in [7, 11) is 0. The molecule has 0 unspecified atom stereocenters. The van der Waals surface area contributed by atoms with Crippen LogP contribution in [0.3, 0.4) is 0 Å². The second-order valence-corrected chi connectivity index (χ2v) is 9.02. The molecule has 5 N–H and O–H groups in total. The van der Waals surface area contributed by atoms with E-state index < -0.39 is 0 Å². The largest absolute Gasteiger partial charge is 0.384 e. The summed E-state index contributed by atoms with van der Waals surface area (Å²) in [6.07, 6.45) is 7.62. The minimum Gasteiger partial charge on any atom is -0.384 e. The highest BCUT2D eigenvalue weighted by Crippen LogP contribution is 2.36. The summed E-state index contributed by atoms with van der Waals surface area (Å²) in [5.74, 6) is 1.42. The zero-order valence-electron chi connectivity index (χ0n) is 17.5. The van der Waals surface area contributed by atoms with Crippen LogP contribution in [0.4, 0.5) is 0 Å². The fourth-order valence-electron chi connectivity index (χ4n) is 5.34. The Hall–Kier alpha value is -2.41. The number of nitrogens with two attached hydrogens (primary N) is 1. The van der Waals surface area contributed by atoms with E-state index in [4.69, 9.17) is 11.1 Å². The second kappa shape index (κ2) is 9.16. The molecule has 2 aliphatic heterocycles. The molecule has 0 aromatic heterocycles. The summed E-state index contributed by atoms with van der Waals surface area (Å²) < 4.78 is 0. The number of hydrogen-bond acceptors (Lipinski definition) is 4. The summed E-state index contributed by atoms with van der Waals surface area (Å²) in [6, 6.07) is 6.77. The fourth-order valence-corrected chi connectivity index (χ4v) is 5.34. The number of carbonyl (C=O) groups excluding carboxylic acids is 2. The number of likely N-dealkylation sites (tertiary alicyclic amines) is 1. The van der Waals surface area contributed by atoms with Crippen LogP contribution in [0.25, 0.3) is 0 Å². The molecule has 7 heteroatoms. The molecule has 0 bridgehead atoms. The Morgan fingerprint density at radius 1 is 1.10 bits per heavy atom. The van der Waals surface area contributed by atoms with Gasteiger partial charge < -0.3 is 21.3 Å². The summed E-state index contributed by atoms with van der Waals surface area (Å²) in [5, 5.41) is 13.9. The zero-order valence-corrected chi connectivity index (χ0v) is 17.5. The lowest BCUT2D eigenvalue weighted by Crippen LogP contribution is -2.56. The Kier molecular flexibility index (Phi) is 6.37. The molecule has 3 fully saturated rings. The standard InChI is InChI=1S/C23H33N5O2/c24-21(25)16-9-7-15(8-10-16)13-27-22(29)20-6-3-11-28(20)23(30)19-12-17-4-1-2-5-18(17)14-26-19/h7-10,17-20,26H,1-6,11-14H2,(H3,24,25)(H,27,29)/t17-,18+,19-,20+/m1/s1. The van der Waals surface area contributed by atoms with Gasteiger partial charge in [0.25, 0.3) is 0 Å². The van der Waals surface area contributed by atoms with Crippen molar-refractivity contribution in [2.45, 2.75) is 63.6 Å². The van der Waals surface area contributed by atoms with Crippen LogP contribution in [0.2, 0.25) is 0 Å². The lowest BCUT2D eigenvalue weighted by Gasteiger charge is -2.41. The molecule has 1 aromatic rings. The smallest absolute Gasteiger partial charge is 0.243 e. The van der Waals surface area contributed by atoms with Crippen molar-refractivity contribution in [3.63, 3.8) is 0 Å². The van der Waals surface area contributed by atoms with Crippen LogP contribution in [0.15, 0.2) is 24.3 Å². The third-order valence-corrected chi connectivity index (χ3v) is 7.10. The molecule has 2 heterocycles. The maximum atomic E-state index is 13.2. The molecule has 1 aromatic carbocycles. The lowest BCUT2D eigenvalue weighted by molar-refractivity contribution is -0.141. The molecule has 1 aliphatic carbocycles. The molecule has 0 radical (unpaired) electrons. The molecule has 162 valence electrons. The number of amidine groups is 1. The molecule has 1 saturated carbocycles. The van der Waals surface area contributed by atoms with Crippen molar-refractivity contribution in [1.82, 2.24) is 15.5 Å². The maximum absolute atomic E-state index is 13.2. The van der Waals surface area contributed by atoms with Crippen LogP contribution in [0.1, 0.15) is 56.1 Å². The van der Waals surface area contributed by atoms with Gasteiger partial charge in [-0.1, -0.05) is 43.5 Å². The Labute approximate surface area is 178 Å². The van der Waals surface area contributed by atoms with Crippen molar-refractivity contribution in [2.75, 3.05) is 13.1 Å². The van der Waals surface area contributed by atoms with Crippen molar-refractivity contribution in [3.8, 4) is 0 Å². The first-order chi connectivity index (χ1) is 14.5. The van der Waals surface area contributed by atoms with Crippen molar-refractivity contribution in [3.05, 3.63) is 35.4 Å². The number of hydrogen-bond donors (Lipinski definition) is 4. The molecule has 30 heavy (non-hydrogen) atoms. The Bertz CT molecular complexity index is 793. The van der Waals surface area contributed by atoms with Gasteiger partial charge in [0.2, 0.25) is 11.8 Å². The second-order valence-electron chi connectivity index (χ2n) is 9.02. The number of nitrogen functional groups attached to an aromatic ring is 1. The Morgan fingerprint density at radius 3 is 2.57 bits per heavy atom. The van der Waals surface area contributed by atoms with Crippen LogP contribution >= 0.6 is 0 Å². The minimum atomic E-state index is -0.375. The summed E-state index contributed by atoms with van der Waals surface area (Å²) in [6.45, 7) is 2.00. The third kappa shape index (κ3) is 4.51. The van der Waals surface area contributed by atoms with Crippen molar-refractivity contribution < 1.29 is 9.59 Å². The van der Waals surface area contributed by atoms with Crippen LogP contribution in [-0.2, 0) is 16.1 Å². The van der Waals surface area contributed by atoms with E-state index in [1.54, 1.807) is 17.0 Å². The average Bonchev–Trinajstić information content (AvgIpc) is 3.27. The molecule has 7 nitrogen and oxygen atoms in total. The van der Waals surface area contributed by atoms with Gasteiger partial charge in [0, 0.05) is 18.7 Å². The van der Waals surface area contributed by atoms with E-state index in [1.807, 2.05) is 12.1 Å². The average molecular weight is 412 g/mol. The minimum absolute atomic E-state index is 0.0292. The van der Waals surface area contributed by atoms with Gasteiger partial charge >= 0.3 is 0 Å². The van der Waals surface area contributed by atoms with Crippen molar-refractivity contribution in [1.29, 1.82) is 5.41 Å². The number of nitrogens with one attached hydrogen (secondary N) is 3. The van der Waals surface area contributed by atoms with Crippen LogP contribution in [0.5, 0.6) is 0 Å². The number of nitrogens with zero attached hydrogens (tertiary/aromatic N) is 1. The number of carbonyl (C=O) groups is 2. The number of piperidine rings is 1. The zero-order chi connectivity index (χ0) is 21.1. The monoisotopic (exact) mass is 411 g/mol. The molecule has 0 spiro atoms. The highest BCUT2D eigenvalue weighted by molar-refractivity contribution is 5.95. The number of fused-ring (bicyclic) bond motifs is 1. The van der Waals surface area contributed by atoms with E-state index in [1.165, 1.54) is 25.7 Å². The van der Waals surface area contributed by atoms with E-state index >= 15 is 0 Å². The first kappa shape index (κ1) is 20.8. The molecule has 3 aliphatic rings. The highest BCUT2D eigenvalue weighted by atomic mass is 16.2. The number of amides is 2. The van der Waals surface area contributed by atoms with E-state index in [0.717, 1.165) is 37.3 Å². The molecule has 2 amide bonds. The van der Waals surface area contributed by atoms with Gasteiger partial charge in [-0.3, -0.25) is 15.0 Å². The SMILES string of the molecule is N=C(N)c1ccc(CNC(=O)[C@@H]2CCCN2C(=O)[C@H]2C[C@H]3CCCC[C@H]3CN2)cc1. The molecular weight excluding hydrogens is 378 g/mol. The van der Waals surface area contributed by atoms with Crippen LogP contribution < -0.4 is 16.4 Å². The first-order valence-corrected chi connectivity index (χ1v) is 11.3. The van der Waals surface area contributed by atoms with E-state index in [2.05, 4.69) is 10.6 Å². The Balaban J connectivity index is 1.32. The molecule has 2 saturated heterocycles. The van der Waals surface area contributed by atoms with Crippen molar-refractivity contribution in [2.24, 2.45) is 17.6 Å². The number of benzene rings is 1. The van der Waals surface area contributed by atoms with Crippen LogP contribution in [-0.4, -0.2) is 47.7 Å². The Morgan fingerprint density at radius 2 is 1.83 bits per heavy atom. The van der Waals surface area contributed by atoms with E-state index in [0.29, 0.717) is 24.6 Å². The third-order valence-electron chi connectivity index (χ3n) is 7.10. The normalized spacial score (nSPS) is 28.6. The maximum Gasteiger partial charge on any atom is 0.243 e. The fraction of sp³-hybridized carbons (Fsp3) is 0.609. The van der Waals surface area contributed by atoms with Gasteiger partial charge in [-0.2, -0.15) is 0 Å².